The van der Waals surface area contributed by atoms with E-state index in [1.54, 1.807) is 0 Å². The number of amides is 1. The van der Waals surface area contributed by atoms with E-state index in [-0.39, 0.29) is 11.3 Å². The minimum absolute atomic E-state index is 0.0226. The molecule has 0 aromatic carbocycles. The molecule has 0 aromatic rings. The number of carbonyl (C=O) groups is 1. The molecule has 0 aromatic heterocycles. The summed E-state index contributed by atoms with van der Waals surface area (Å²) in [5.74, 6) is 0.261. The second kappa shape index (κ2) is 2.60. The van der Waals surface area contributed by atoms with Gasteiger partial charge in [-0.3, -0.25) is 4.79 Å². The smallest absolute Gasteiger partial charge is 0.228 e. The van der Waals surface area contributed by atoms with Gasteiger partial charge in [-0.25, -0.2) is 0 Å². The van der Waals surface area contributed by atoms with Gasteiger partial charge in [0, 0.05) is 6.54 Å². The van der Waals surface area contributed by atoms with Crippen molar-refractivity contribution in [2.45, 2.75) is 33.1 Å². The van der Waals surface area contributed by atoms with E-state index in [0.29, 0.717) is 0 Å². The fourth-order valence-electron chi connectivity index (χ4n) is 1.55. The summed E-state index contributed by atoms with van der Waals surface area (Å²) >= 11 is 0. The first-order valence-electron chi connectivity index (χ1n) is 4.03. The highest BCUT2D eigenvalue weighted by Crippen LogP contribution is 2.33. The lowest BCUT2D eigenvalue weighted by molar-refractivity contribution is -0.140. The van der Waals surface area contributed by atoms with Gasteiger partial charge in [0.25, 0.3) is 0 Å². The van der Waals surface area contributed by atoms with Crippen molar-refractivity contribution in [2.75, 3.05) is 6.54 Å². The fourth-order valence-corrected chi connectivity index (χ4v) is 1.55. The third-order valence-electron chi connectivity index (χ3n) is 2.47. The Morgan fingerprint density at radius 1 is 1.60 bits per heavy atom. The van der Waals surface area contributed by atoms with Crippen molar-refractivity contribution in [1.82, 2.24) is 5.32 Å². The maximum Gasteiger partial charge on any atom is 0.228 e. The standard InChI is InChI=1S/C8H15NO/c1-3-5-8(4-2)6-9-7(8)10/h3-6H2,1-2H3,(H,9,10). The molecule has 1 fully saturated rings. The Kier molecular flexibility index (Phi) is 1.97. The predicted octanol–water partition coefficient (Wildman–Crippen LogP) is 1.31. The number of carbonyl (C=O) groups excluding carboxylic acids is 1. The molecule has 0 saturated carbocycles. The molecular formula is C8H15NO. The van der Waals surface area contributed by atoms with Crippen LogP contribution in [-0.4, -0.2) is 12.5 Å². The van der Waals surface area contributed by atoms with Crippen molar-refractivity contribution in [1.29, 1.82) is 0 Å². The molecule has 1 amide bonds. The number of β-lactam (4-membered cyclic amide) rings is 1. The second-order valence-corrected chi connectivity index (χ2v) is 3.07. The van der Waals surface area contributed by atoms with Gasteiger partial charge in [0.15, 0.2) is 0 Å². The van der Waals surface area contributed by atoms with Crippen LogP contribution >= 0.6 is 0 Å². The summed E-state index contributed by atoms with van der Waals surface area (Å²) in [6.45, 7) is 5.12. The largest absolute Gasteiger partial charge is 0.354 e. The summed E-state index contributed by atoms with van der Waals surface area (Å²) in [6, 6.07) is 0. The van der Waals surface area contributed by atoms with Crippen LogP contribution in [0.15, 0.2) is 0 Å². The molecule has 10 heavy (non-hydrogen) atoms. The summed E-state index contributed by atoms with van der Waals surface area (Å²) in [5, 5.41) is 2.80. The van der Waals surface area contributed by atoms with Crippen molar-refractivity contribution in [3.8, 4) is 0 Å². The lowest BCUT2D eigenvalue weighted by atomic mass is 9.75. The normalized spacial score (nSPS) is 31.2. The molecule has 0 aliphatic carbocycles. The van der Waals surface area contributed by atoms with Crippen molar-refractivity contribution < 1.29 is 4.79 Å². The van der Waals surface area contributed by atoms with Gasteiger partial charge in [0.1, 0.15) is 0 Å². The van der Waals surface area contributed by atoms with Crippen molar-refractivity contribution in [3.63, 3.8) is 0 Å². The number of nitrogens with one attached hydrogen (secondary N) is 1. The minimum atomic E-state index is 0.0226. The van der Waals surface area contributed by atoms with Gasteiger partial charge in [0.2, 0.25) is 5.91 Å². The van der Waals surface area contributed by atoms with Crippen LogP contribution in [0.25, 0.3) is 0 Å². The minimum Gasteiger partial charge on any atom is -0.354 e. The molecule has 1 rings (SSSR count). The van der Waals surface area contributed by atoms with Gasteiger partial charge >= 0.3 is 0 Å². The van der Waals surface area contributed by atoms with Gasteiger partial charge in [0.05, 0.1) is 5.41 Å². The molecule has 0 bridgehead atoms. The molecular weight excluding hydrogens is 126 g/mol. The highest BCUT2D eigenvalue weighted by molar-refractivity contribution is 5.88. The molecule has 1 N–H and O–H groups in total. The Balaban J connectivity index is 2.51. The molecule has 1 atom stereocenters. The fraction of sp³-hybridized carbons (Fsp3) is 0.875. The van der Waals surface area contributed by atoms with E-state index in [4.69, 9.17) is 0 Å². The van der Waals surface area contributed by atoms with E-state index in [2.05, 4.69) is 19.2 Å². The van der Waals surface area contributed by atoms with Crippen molar-refractivity contribution in [3.05, 3.63) is 0 Å². The van der Waals surface area contributed by atoms with E-state index >= 15 is 0 Å². The second-order valence-electron chi connectivity index (χ2n) is 3.07. The zero-order valence-corrected chi connectivity index (χ0v) is 6.74. The Bertz CT molecular complexity index is 140. The van der Waals surface area contributed by atoms with Crippen LogP contribution in [0.1, 0.15) is 33.1 Å². The molecule has 0 radical (unpaired) electrons. The van der Waals surface area contributed by atoms with Gasteiger partial charge in [-0.05, 0) is 12.8 Å². The summed E-state index contributed by atoms with van der Waals surface area (Å²) < 4.78 is 0. The SMILES string of the molecule is CCCC1(CC)CNC1=O. The van der Waals surface area contributed by atoms with E-state index in [0.717, 1.165) is 25.8 Å². The first-order chi connectivity index (χ1) is 4.75. The Hall–Kier alpha value is -0.530. The zero-order chi connectivity index (χ0) is 7.61. The molecule has 1 unspecified atom stereocenters. The van der Waals surface area contributed by atoms with Gasteiger partial charge < -0.3 is 5.32 Å². The van der Waals surface area contributed by atoms with E-state index in [1.807, 2.05) is 0 Å². The van der Waals surface area contributed by atoms with E-state index in [1.165, 1.54) is 0 Å². The van der Waals surface area contributed by atoms with Crippen LogP contribution in [0.4, 0.5) is 0 Å². The first-order valence-corrected chi connectivity index (χ1v) is 4.03. The van der Waals surface area contributed by atoms with Crippen LogP contribution in [0, 0.1) is 5.41 Å². The van der Waals surface area contributed by atoms with E-state index < -0.39 is 0 Å². The predicted molar refractivity (Wildman–Crippen MR) is 40.6 cm³/mol. The van der Waals surface area contributed by atoms with Crippen molar-refractivity contribution >= 4 is 5.91 Å². The molecule has 2 nitrogen and oxygen atoms in total. The third-order valence-corrected chi connectivity index (χ3v) is 2.47. The third kappa shape index (κ3) is 0.917. The average molecular weight is 141 g/mol. The summed E-state index contributed by atoms with van der Waals surface area (Å²) in [7, 11) is 0. The summed E-state index contributed by atoms with van der Waals surface area (Å²) in [5.41, 5.74) is 0.0226. The molecule has 0 spiro atoms. The van der Waals surface area contributed by atoms with Gasteiger partial charge in [-0.1, -0.05) is 20.3 Å². The summed E-state index contributed by atoms with van der Waals surface area (Å²) in [6.07, 6.45) is 3.16. The highest BCUT2D eigenvalue weighted by atomic mass is 16.2. The Morgan fingerprint density at radius 2 is 2.30 bits per heavy atom. The number of rotatable bonds is 3. The lowest BCUT2D eigenvalue weighted by Crippen LogP contribution is -2.58. The quantitative estimate of drug-likeness (QED) is 0.590. The van der Waals surface area contributed by atoms with Gasteiger partial charge in [-0.2, -0.15) is 0 Å². The van der Waals surface area contributed by atoms with Crippen molar-refractivity contribution in [2.24, 2.45) is 5.41 Å². The Labute approximate surface area is 62.0 Å². The van der Waals surface area contributed by atoms with Gasteiger partial charge in [-0.15, -0.1) is 0 Å². The molecule has 1 aliphatic heterocycles. The van der Waals surface area contributed by atoms with Crippen LogP contribution in [0.3, 0.4) is 0 Å². The van der Waals surface area contributed by atoms with Crippen LogP contribution < -0.4 is 5.32 Å². The average Bonchev–Trinajstić information content (AvgIpc) is 1.97. The first kappa shape index (κ1) is 7.58. The van der Waals surface area contributed by atoms with Crippen LogP contribution in [0.5, 0.6) is 0 Å². The van der Waals surface area contributed by atoms with Crippen LogP contribution in [0.2, 0.25) is 0 Å². The maximum atomic E-state index is 11.1. The monoisotopic (exact) mass is 141 g/mol. The highest BCUT2D eigenvalue weighted by Gasteiger charge is 2.43. The zero-order valence-electron chi connectivity index (χ0n) is 6.74. The molecule has 1 saturated heterocycles. The van der Waals surface area contributed by atoms with E-state index in [9.17, 15) is 4.79 Å². The number of hydrogen-bond acceptors (Lipinski definition) is 1. The van der Waals surface area contributed by atoms with Crippen LogP contribution in [-0.2, 0) is 4.79 Å². The lowest BCUT2D eigenvalue weighted by Gasteiger charge is -2.40. The molecule has 1 heterocycles. The molecule has 2 heteroatoms. The summed E-state index contributed by atoms with van der Waals surface area (Å²) in [4.78, 5) is 11.1. The number of hydrogen-bond donors (Lipinski definition) is 1. The molecule has 58 valence electrons. The Morgan fingerprint density at radius 3 is 2.40 bits per heavy atom. The topological polar surface area (TPSA) is 29.1 Å². The molecule has 1 aliphatic rings. The maximum absolute atomic E-state index is 11.1.